The molecule has 2 aromatic carbocycles. The van der Waals surface area contributed by atoms with Gasteiger partial charge in [0.2, 0.25) is 5.89 Å². The van der Waals surface area contributed by atoms with E-state index < -0.39 is 11.7 Å². The summed E-state index contributed by atoms with van der Waals surface area (Å²) in [6.45, 7) is 1.74. The minimum absolute atomic E-state index is 0.531. The first-order valence-corrected chi connectivity index (χ1v) is 7.47. The molecule has 6 heteroatoms. The maximum atomic E-state index is 12.6. The van der Waals surface area contributed by atoms with Crippen molar-refractivity contribution in [2.45, 2.75) is 25.9 Å². The van der Waals surface area contributed by atoms with Crippen molar-refractivity contribution in [1.29, 1.82) is 0 Å². The largest absolute Gasteiger partial charge is 0.416 e. The first-order valence-electron chi connectivity index (χ1n) is 7.47. The second-order valence-corrected chi connectivity index (χ2v) is 5.51. The van der Waals surface area contributed by atoms with Crippen molar-refractivity contribution < 1.29 is 17.7 Å². The zero-order valence-electron chi connectivity index (χ0n) is 13.0. The van der Waals surface area contributed by atoms with Gasteiger partial charge >= 0.3 is 6.18 Å². The van der Waals surface area contributed by atoms with Crippen LogP contribution < -0.4 is 0 Å². The first-order chi connectivity index (χ1) is 11.4. The average Bonchev–Trinajstić information content (AvgIpc) is 2.98. The van der Waals surface area contributed by atoms with Crippen molar-refractivity contribution in [2.75, 3.05) is 0 Å². The number of rotatable bonds is 4. The van der Waals surface area contributed by atoms with Gasteiger partial charge in [-0.25, -0.2) is 0 Å². The summed E-state index contributed by atoms with van der Waals surface area (Å²) in [6, 6.07) is 12.9. The third-order valence-electron chi connectivity index (χ3n) is 3.68. The van der Waals surface area contributed by atoms with E-state index in [9.17, 15) is 13.2 Å². The van der Waals surface area contributed by atoms with Crippen LogP contribution in [0.2, 0.25) is 0 Å². The summed E-state index contributed by atoms with van der Waals surface area (Å²) in [4.78, 5) is 4.15. The Hall–Kier alpha value is -2.63. The van der Waals surface area contributed by atoms with Crippen LogP contribution in [0.15, 0.2) is 53.1 Å². The lowest BCUT2D eigenvalue weighted by Crippen LogP contribution is -2.04. The predicted molar refractivity (Wildman–Crippen MR) is 83.3 cm³/mol. The normalized spacial score (nSPS) is 11.7. The highest BCUT2D eigenvalue weighted by Crippen LogP contribution is 2.31. The van der Waals surface area contributed by atoms with Crippen molar-refractivity contribution in [3.8, 4) is 11.1 Å². The molecule has 0 aliphatic heterocycles. The molecule has 0 fully saturated rings. The van der Waals surface area contributed by atoms with Gasteiger partial charge in [0.25, 0.3) is 0 Å². The molecule has 24 heavy (non-hydrogen) atoms. The fourth-order valence-electron chi connectivity index (χ4n) is 2.46. The second kappa shape index (κ2) is 6.47. The van der Waals surface area contributed by atoms with Crippen LogP contribution in [-0.2, 0) is 19.0 Å². The molecule has 0 spiro atoms. The maximum absolute atomic E-state index is 12.6. The molecule has 1 aromatic heterocycles. The van der Waals surface area contributed by atoms with E-state index in [2.05, 4.69) is 10.1 Å². The first kappa shape index (κ1) is 16.2. The summed E-state index contributed by atoms with van der Waals surface area (Å²) >= 11 is 0. The molecule has 0 unspecified atom stereocenters. The van der Waals surface area contributed by atoms with Gasteiger partial charge in [-0.1, -0.05) is 41.6 Å². The quantitative estimate of drug-likeness (QED) is 0.685. The molecule has 0 bridgehead atoms. The number of aryl methyl sites for hydroxylation is 3. The zero-order chi connectivity index (χ0) is 17.2. The van der Waals surface area contributed by atoms with Gasteiger partial charge in [0.15, 0.2) is 5.82 Å². The molecule has 3 aromatic rings. The van der Waals surface area contributed by atoms with Crippen LogP contribution in [0.3, 0.4) is 0 Å². The second-order valence-electron chi connectivity index (χ2n) is 5.51. The summed E-state index contributed by atoms with van der Waals surface area (Å²) in [6.07, 6.45) is -2.94. The molecule has 3 nitrogen and oxygen atoms in total. The van der Waals surface area contributed by atoms with Crippen molar-refractivity contribution in [2.24, 2.45) is 0 Å². The van der Waals surface area contributed by atoms with Crippen molar-refractivity contribution in [3.63, 3.8) is 0 Å². The van der Waals surface area contributed by atoms with Crippen molar-refractivity contribution in [1.82, 2.24) is 10.1 Å². The van der Waals surface area contributed by atoms with Gasteiger partial charge in [-0.3, -0.25) is 0 Å². The zero-order valence-corrected chi connectivity index (χ0v) is 13.0. The summed E-state index contributed by atoms with van der Waals surface area (Å²) in [5.41, 5.74) is 2.05. The van der Waals surface area contributed by atoms with Crippen LogP contribution in [0.4, 0.5) is 13.2 Å². The van der Waals surface area contributed by atoms with Crippen LogP contribution in [0.5, 0.6) is 0 Å². The SMILES string of the molecule is Cc1nc(CCc2cccc(-c3ccc(C(F)(F)F)cc3)c2)no1. The van der Waals surface area contributed by atoms with Crippen molar-refractivity contribution in [3.05, 3.63) is 71.4 Å². The van der Waals surface area contributed by atoms with Gasteiger partial charge in [-0.2, -0.15) is 18.2 Å². The molecule has 0 saturated carbocycles. The van der Waals surface area contributed by atoms with Crippen molar-refractivity contribution >= 4 is 0 Å². The van der Waals surface area contributed by atoms with E-state index >= 15 is 0 Å². The smallest absolute Gasteiger partial charge is 0.340 e. The minimum Gasteiger partial charge on any atom is -0.340 e. The highest BCUT2D eigenvalue weighted by molar-refractivity contribution is 5.64. The summed E-state index contributed by atoms with van der Waals surface area (Å²) in [5, 5.41) is 3.85. The fourth-order valence-corrected chi connectivity index (χ4v) is 2.46. The topological polar surface area (TPSA) is 38.9 Å². The fraction of sp³-hybridized carbons (Fsp3) is 0.222. The molecule has 0 atom stereocenters. The molecule has 0 aliphatic rings. The molecular formula is C18H15F3N2O. The van der Waals surface area contributed by atoms with Gasteiger partial charge in [0.05, 0.1) is 5.56 Å². The van der Waals surface area contributed by atoms with Gasteiger partial charge in [-0.15, -0.1) is 0 Å². The Balaban J connectivity index is 1.75. The number of halogens is 3. The van der Waals surface area contributed by atoms with E-state index in [4.69, 9.17) is 4.52 Å². The van der Waals surface area contributed by atoms with Crippen LogP contribution in [0.1, 0.15) is 22.8 Å². The molecule has 0 N–H and O–H groups in total. The van der Waals surface area contributed by atoms with Gasteiger partial charge < -0.3 is 4.52 Å². The lowest BCUT2D eigenvalue weighted by atomic mass is 10.00. The summed E-state index contributed by atoms with van der Waals surface area (Å²) in [5.74, 6) is 1.18. The molecule has 124 valence electrons. The van der Waals surface area contributed by atoms with Crippen LogP contribution >= 0.6 is 0 Å². The van der Waals surface area contributed by atoms with Gasteiger partial charge in [-0.05, 0) is 35.2 Å². The highest BCUT2D eigenvalue weighted by atomic mass is 19.4. The Morgan fingerprint density at radius 2 is 1.71 bits per heavy atom. The van der Waals surface area contributed by atoms with Gasteiger partial charge in [0, 0.05) is 13.3 Å². The van der Waals surface area contributed by atoms with E-state index in [1.54, 1.807) is 6.92 Å². The number of nitrogens with zero attached hydrogens (tertiary/aromatic N) is 2. The van der Waals surface area contributed by atoms with Gasteiger partial charge in [0.1, 0.15) is 0 Å². The van der Waals surface area contributed by atoms with E-state index in [-0.39, 0.29) is 0 Å². The van der Waals surface area contributed by atoms with Crippen LogP contribution in [0.25, 0.3) is 11.1 Å². The number of benzene rings is 2. The number of aromatic nitrogens is 2. The summed E-state index contributed by atoms with van der Waals surface area (Å²) in [7, 11) is 0. The predicted octanol–water partition coefficient (Wildman–Crippen LogP) is 4.85. The number of hydrogen-bond acceptors (Lipinski definition) is 3. The van der Waals surface area contributed by atoms with Crippen LogP contribution in [0, 0.1) is 6.92 Å². The Morgan fingerprint density at radius 1 is 0.958 bits per heavy atom. The number of hydrogen-bond donors (Lipinski definition) is 0. The summed E-state index contributed by atoms with van der Waals surface area (Å²) < 4.78 is 42.8. The third-order valence-corrected chi connectivity index (χ3v) is 3.68. The van der Waals surface area contributed by atoms with E-state index in [0.717, 1.165) is 35.2 Å². The number of alkyl halides is 3. The van der Waals surface area contributed by atoms with E-state index in [0.29, 0.717) is 18.1 Å². The molecule has 0 saturated heterocycles. The monoisotopic (exact) mass is 332 g/mol. The molecule has 0 aliphatic carbocycles. The van der Waals surface area contributed by atoms with E-state index in [1.165, 1.54) is 12.1 Å². The van der Waals surface area contributed by atoms with Crippen LogP contribution in [-0.4, -0.2) is 10.1 Å². The minimum atomic E-state index is -4.32. The third kappa shape index (κ3) is 3.82. The molecule has 1 heterocycles. The standard InChI is InChI=1S/C18H15F3N2O/c1-12-22-17(23-24-12)10-5-13-3-2-4-15(11-13)14-6-8-16(9-7-14)18(19,20)21/h2-4,6-9,11H,5,10H2,1H3. The Labute approximate surface area is 137 Å². The highest BCUT2D eigenvalue weighted by Gasteiger charge is 2.29. The Morgan fingerprint density at radius 3 is 2.33 bits per heavy atom. The molecule has 0 amide bonds. The lowest BCUT2D eigenvalue weighted by molar-refractivity contribution is -0.137. The molecular weight excluding hydrogens is 317 g/mol. The molecule has 3 rings (SSSR count). The Bertz CT molecular complexity index is 823. The average molecular weight is 332 g/mol. The molecule has 0 radical (unpaired) electrons. The maximum Gasteiger partial charge on any atom is 0.416 e. The van der Waals surface area contributed by atoms with E-state index in [1.807, 2.05) is 24.3 Å². The lowest BCUT2D eigenvalue weighted by Gasteiger charge is -2.09. The Kier molecular flexibility index (Phi) is 4.38.